The van der Waals surface area contributed by atoms with Gasteiger partial charge in [-0.3, -0.25) is 4.79 Å². The molecule has 1 amide bonds. The third kappa shape index (κ3) is 3.78. The number of benzene rings is 1. The van der Waals surface area contributed by atoms with Gasteiger partial charge in [-0.15, -0.1) is 0 Å². The number of carbonyl (C=O) groups is 1. The molecule has 0 fully saturated rings. The number of amides is 1. The standard InChI is InChI=1S/C16H23F2NO/c1-9(2)12(10(3)4)8-19-16(20)14-13(17)7-6-11(5)15(14)18/h6-7,9-10,12H,8H2,1-5H3,(H,19,20). The van der Waals surface area contributed by atoms with Gasteiger partial charge in [0.2, 0.25) is 0 Å². The van der Waals surface area contributed by atoms with E-state index in [0.29, 0.717) is 18.4 Å². The largest absolute Gasteiger partial charge is 0.352 e. The molecule has 1 rings (SSSR count). The van der Waals surface area contributed by atoms with Crippen molar-refractivity contribution < 1.29 is 13.6 Å². The maximum Gasteiger partial charge on any atom is 0.257 e. The highest BCUT2D eigenvalue weighted by atomic mass is 19.1. The molecule has 0 atom stereocenters. The first-order chi connectivity index (χ1) is 9.25. The molecule has 0 spiro atoms. The van der Waals surface area contributed by atoms with Crippen LogP contribution in [0.4, 0.5) is 8.78 Å². The van der Waals surface area contributed by atoms with E-state index in [9.17, 15) is 13.6 Å². The van der Waals surface area contributed by atoms with Crippen LogP contribution in [0.2, 0.25) is 0 Å². The quantitative estimate of drug-likeness (QED) is 0.871. The summed E-state index contributed by atoms with van der Waals surface area (Å²) in [5, 5.41) is 2.65. The summed E-state index contributed by atoms with van der Waals surface area (Å²) in [5.41, 5.74) is -0.225. The van der Waals surface area contributed by atoms with E-state index in [0.717, 1.165) is 6.07 Å². The molecule has 2 nitrogen and oxygen atoms in total. The molecule has 0 saturated carbocycles. The molecule has 0 aromatic heterocycles. The van der Waals surface area contributed by atoms with Gasteiger partial charge in [0.15, 0.2) is 0 Å². The van der Waals surface area contributed by atoms with Crippen molar-refractivity contribution in [1.82, 2.24) is 5.32 Å². The van der Waals surface area contributed by atoms with Crippen LogP contribution < -0.4 is 5.32 Å². The molecule has 0 unspecified atom stereocenters. The van der Waals surface area contributed by atoms with Gasteiger partial charge in [0, 0.05) is 6.54 Å². The first-order valence-corrected chi connectivity index (χ1v) is 6.98. The van der Waals surface area contributed by atoms with Crippen molar-refractivity contribution in [2.75, 3.05) is 6.54 Å². The molecule has 0 radical (unpaired) electrons. The maximum absolute atomic E-state index is 13.9. The van der Waals surface area contributed by atoms with E-state index in [1.807, 2.05) is 0 Å². The van der Waals surface area contributed by atoms with Gasteiger partial charge in [-0.25, -0.2) is 8.78 Å². The average molecular weight is 283 g/mol. The van der Waals surface area contributed by atoms with Crippen LogP contribution in [0.3, 0.4) is 0 Å². The Morgan fingerprint density at radius 3 is 2.20 bits per heavy atom. The predicted octanol–water partition coefficient (Wildman–Crippen LogP) is 3.93. The van der Waals surface area contributed by atoms with Crippen molar-refractivity contribution >= 4 is 5.91 Å². The van der Waals surface area contributed by atoms with E-state index in [-0.39, 0.29) is 11.5 Å². The summed E-state index contributed by atoms with van der Waals surface area (Å²) in [7, 11) is 0. The second kappa shape index (κ2) is 6.82. The Kier molecular flexibility index (Phi) is 5.66. The SMILES string of the molecule is Cc1ccc(F)c(C(=O)NCC(C(C)C)C(C)C)c1F. The van der Waals surface area contributed by atoms with Gasteiger partial charge in [-0.2, -0.15) is 0 Å². The molecule has 0 bridgehead atoms. The lowest BCUT2D eigenvalue weighted by Crippen LogP contribution is -2.34. The molecule has 4 heteroatoms. The maximum atomic E-state index is 13.9. The summed E-state index contributed by atoms with van der Waals surface area (Å²) < 4.78 is 27.5. The summed E-state index contributed by atoms with van der Waals surface area (Å²) >= 11 is 0. The van der Waals surface area contributed by atoms with Crippen LogP contribution in [-0.2, 0) is 0 Å². The molecule has 0 aliphatic carbocycles. The molecular formula is C16H23F2NO. The highest BCUT2D eigenvalue weighted by Crippen LogP contribution is 2.20. The van der Waals surface area contributed by atoms with E-state index in [1.165, 1.54) is 13.0 Å². The van der Waals surface area contributed by atoms with E-state index in [4.69, 9.17) is 0 Å². The molecule has 0 saturated heterocycles. The minimum absolute atomic E-state index is 0.265. The van der Waals surface area contributed by atoms with Crippen LogP contribution in [-0.4, -0.2) is 12.5 Å². The first kappa shape index (κ1) is 16.6. The number of rotatable bonds is 5. The Morgan fingerprint density at radius 2 is 1.70 bits per heavy atom. The first-order valence-electron chi connectivity index (χ1n) is 6.98. The zero-order valence-corrected chi connectivity index (χ0v) is 12.8. The number of carbonyl (C=O) groups excluding carboxylic acids is 1. The second-order valence-electron chi connectivity index (χ2n) is 5.92. The number of aryl methyl sites for hydroxylation is 1. The number of nitrogens with one attached hydrogen (secondary N) is 1. The Hall–Kier alpha value is -1.45. The minimum atomic E-state index is -0.823. The van der Waals surface area contributed by atoms with Crippen molar-refractivity contribution in [3.05, 3.63) is 34.9 Å². The van der Waals surface area contributed by atoms with Crippen LogP contribution in [0.15, 0.2) is 12.1 Å². The molecule has 112 valence electrons. The summed E-state index contributed by atoms with van der Waals surface area (Å²) in [6.07, 6.45) is 0. The molecule has 0 heterocycles. The molecule has 0 aliphatic heterocycles. The van der Waals surface area contributed by atoms with Crippen molar-refractivity contribution in [2.24, 2.45) is 17.8 Å². The van der Waals surface area contributed by atoms with Gasteiger partial charge >= 0.3 is 0 Å². The van der Waals surface area contributed by atoms with E-state index < -0.39 is 23.1 Å². The Bertz CT molecular complexity index is 476. The predicted molar refractivity (Wildman–Crippen MR) is 76.6 cm³/mol. The smallest absolute Gasteiger partial charge is 0.257 e. The summed E-state index contributed by atoms with van der Waals surface area (Å²) in [5.74, 6) is -1.24. The fourth-order valence-electron chi connectivity index (χ4n) is 2.40. The highest BCUT2D eigenvalue weighted by Gasteiger charge is 2.22. The lowest BCUT2D eigenvalue weighted by molar-refractivity contribution is 0.0928. The number of hydrogen-bond donors (Lipinski definition) is 1. The van der Waals surface area contributed by atoms with Gasteiger partial charge in [0.25, 0.3) is 5.91 Å². The van der Waals surface area contributed by atoms with Gasteiger partial charge in [-0.1, -0.05) is 33.8 Å². The van der Waals surface area contributed by atoms with Gasteiger partial charge < -0.3 is 5.32 Å². The summed E-state index contributed by atoms with van der Waals surface area (Å²) in [4.78, 5) is 12.0. The Balaban J connectivity index is 2.85. The number of halogens is 2. The normalized spacial score (nSPS) is 11.5. The molecule has 20 heavy (non-hydrogen) atoms. The van der Waals surface area contributed by atoms with Gasteiger partial charge in [0.1, 0.15) is 17.2 Å². The van der Waals surface area contributed by atoms with E-state index in [1.54, 1.807) is 0 Å². The fraction of sp³-hybridized carbons (Fsp3) is 0.562. The molecule has 1 N–H and O–H groups in total. The molecule has 0 aliphatic rings. The number of hydrogen-bond acceptors (Lipinski definition) is 1. The van der Waals surface area contributed by atoms with Crippen molar-refractivity contribution in [1.29, 1.82) is 0 Å². The minimum Gasteiger partial charge on any atom is -0.352 e. The van der Waals surface area contributed by atoms with E-state index in [2.05, 4.69) is 33.0 Å². The average Bonchev–Trinajstić information content (AvgIpc) is 2.33. The van der Waals surface area contributed by atoms with Crippen molar-refractivity contribution in [3.8, 4) is 0 Å². The van der Waals surface area contributed by atoms with Crippen LogP contribution in [0.25, 0.3) is 0 Å². The van der Waals surface area contributed by atoms with Gasteiger partial charge in [-0.05, 0) is 36.3 Å². The van der Waals surface area contributed by atoms with Crippen LogP contribution >= 0.6 is 0 Å². The zero-order valence-electron chi connectivity index (χ0n) is 12.8. The third-order valence-corrected chi connectivity index (χ3v) is 3.72. The summed E-state index contributed by atoms with van der Waals surface area (Å²) in [6.45, 7) is 10.2. The second-order valence-corrected chi connectivity index (χ2v) is 5.92. The van der Waals surface area contributed by atoms with Crippen molar-refractivity contribution in [2.45, 2.75) is 34.6 Å². The zero-order chi connectivity index (χ0) is 15.4. The summed E-state index contributed by atoms with van der Waals surface area (Å²) in [6, 6.07) is 2.45. The van der Waals surface area contributed by atoms with Crippen molar-refractivity contribution in [3.63, 3.8) is 0 Å². The Labute approximate surface area is 119 Å². The fourth-order valence-corrected chi connectivity index (χ4v) is 2.40. The monoisotopic (exact) mass is 283 g/mol. The van der Waals surface area contributed by atoms with Crippen LogP contribution in [0, 0.1) is 36.3 Å². The highest BCUT2D eigenvalue weighted by molar-refractivity contribution is 5.94. The lowest BCUT2D eigenvalue weighted by Gasteiger charge is -2.25. The topological polar surface area (TPSA) is 29.1 Å². The van der Waals surface area contributed by atoms with Gasteiger partial charge in [0.05, 0.1) is 0 Å². The Morgan fingerprint density at radius 1 is 1.15 bits per heavy atom. The molecule has 1 aromatic carbocycles. The third-order valence-electron chi connectivity index (χ3n) is 3.72. The lowest BCUT2D eigenvalue weighted by atomic mass is 9.85. The van der Waals surface area contributed by atoms with Crippen LogP contribution in [0.1, 0.15) is 43.6 Å². The van der Waals surface area contributed by atoms with E-state index >= 15 is 0 Å². The molecule has 1 aromatic rings. The molecular weight excluding hydrogens is 260 g/mol. The van der Waals surface area contributed by atoms with Crippen LogP contribution in [0.5, 0.6) is 0 Å².